The Kier molecular flexibility index (Phi) is 4.40. The van der Waals surface area contributed by atoms with E-state index in [1.807, 2.05) is 39.0 Å². The molecule has 25 heavy (non-hydrogen) atoms. The van der Waals surface area contributed by atoms with Crippen molar-refractivity contribution in [2.24, 2.45) is 5.41 Å². The van der Waals surface area contributed by atoms with Crippen molar-refractivity contribution in [3.8, 4) is 0 Å². The molecule has 0 bridgehead atoms. The molecule has 0 unspecified atom stereocenters. The minimum absolute atomic E-state index is 0.0202. The van der Waals surface area contributed by atoms with Gasteiger partial charge >= 0.3 is 0 Å². The lowest BCUT2D eigenvalue weighted by molar-refractivity contribution is -0.117. The number of carbonyl (C=O) groups excluding carboxylic acids is 1. The number of aliphatic hydroxyl groups is 1. The lowest BCUT2D eigenvalue weighted by Gasteiger charge is -2.31. The summed E-state index contributed by atoms with van der Waals surface area (Å²) >= 11 is 0. The molecule has 2 aromatic rings. The number of aromatic nitrogens is 2. The van der Waals surface area contributed by atoms with Crippen LogP contribution in [0.2, 0.25) is 0 Å². The third-order valence-electron chi connectivity index (χ3n) is 4.75. The van der Waals surface area contributed by atoms with E-state index in [2.05, 4.69) is 14.9 Å². The van der Waals surface area contributed by atoms with E-state index in [-0.39, 0.29) is 11.3 Å². The minimum atomic E-state index is -0.965. The molecule has 1 aromatic carbocycles. The Morgan fingerprint density at radius 1 is 1.28 bits per heavy atom. The summed E-state index contributed by atoms with van der Waals surface area (Å²) < 4.78 is 2.13. The molecule has 0 saturated heterocycles. The number of nitrogens with one attached hydrogen (secondary N) is 1. The molecule has 1 aromatic heterocycles. The van der Waals surface area contributed by atoms with Gasteiger partial charge in [-0.1, -0.05) is 32.9 Å². The van der Waals surface area contributed by atoms with Crippen molar-refractivity contribution in [2.75, 3.05) is 5.32 Å². The highest BCUT2D eigenvalue weighted by Gasteiger charge is 2.30. The maximum absolute atomic E-state index is 12.5. The summed E-state index contributed by atoms with van der Waals surface area (Å²) in [7, 11) is 0. The predicted molar refractivity (Wildman–Crippen MR) is 101 cm³/mol. The summed E-state index contributed by atoms with van der Waals surface area (Å²) in [5.41, 5.74) is 1.56. The van der Waals surface area contributed by atoms with E-state index in [0.717, 1.165) is 29.4 Å². The van der Waals surface area contributed by atoms with Crippen LogP contribution in [0.25, 0.3) is 11.0 Å². The maximum atomic E-state index is 12.5. The van der Waals surface area contributed by atoms with E-state index in [9.17, 15) is 9.90 Å². The van der Waals surface area contributed by atoms with Gasteiger partial charge in [0.1, 0.15) is 0 Å². The second kappa shape index (κ2) is 6.13. The van der Waals surface area contributed by atoms with E-state index in [1.54, 1.807) is 13.8 Å². The number of anilines is 1. The molecule has 2 N–H and O–H groups in total. The second-order valence-electron chi connectivity index (χ2n) is 8.91. The number of nitrogens with zero attached hydrogens (tertiary/aromatic N) is 2. The van der Waals surface area contributed by atoms with Crippen molar-refractivity contribution in [3.63, 3.8) is 0 Å². The van der Waals surface area contributed by atoms with E-state index in [4.69, 9.17) is 0 Å². The predicted octanol–water partition coefficient (Wildman–Crippen LogP) is 4.36. The van der Waals surface area contributed by atoms with Gasteiger partial charge in [0.2, 0.25) is 11.9 Å². The van der Waals surface area contributed by atoms with Crippen LogP contribution >= 0.6 is 0 Å². The summed E-state index contributed by atoms with van der Waals surface area (Å²) in [4.78, 5) is 17.1. The monoisotopic (exact) mass is 343 g/mol. The van der Waals surface area contributed by atoms with E-state index < -0.39 is 5.60 Å². The molecule has 1 amide bonds. The minimum Gasteiger partial charge on any atom is -0.386 e. The zero-order chi connectivity index (χ0) is 18.4. The van der Waals surface area contributed by atoms with Crippen molar-refractivity contribution in [3.05, 3.63) is 23.8 Å². The number of rotatable bonds is 4. The van der Waals surface area contributed by atoms with E-state index >= 15 is 0 Å². The number of imidazole rings is 1. The van der Waals surface area contributed by atoms with Crippen LogP contribution in [0.4, 0.5) is 5.95 Å². The highest BCUT2D eigenvalue weighted by atomic mass is 16.3. The Balaban J connectivity index is 2.08. The lowest BCUT2D eigenvalue weighted by atomic mass is 9.91. The summed E-state index contributed by atoms with van der Waals surface area (Å²) in [6.45, 7) is 9.73. The van der Waals surface area contributed by atoms with Gasteiger partial charge in [0.25, 0.3) is 0 Å². The number of para-hydroxylation sites is 1. The third-order valence-corrected chi connectivity index (χ3v) is 4.75. The number of amides is 1. The fourth-order valence-corrected chi connectivity index (χ4v) is 3.38. The number of hydrogen-bond donors (Lipinski definition) is 2. The molecule has 1 fully saturated rings. The first-order valence-corrected chi connectivity index (χ1v) is 9.10. The molecule has 5 heteroatoms. The Labute approximate surface area is 149 Å². The summed E-state index contributed by atoms with van der Waals surface area (Å²) in [5, 5.41) is 13.6. The zero-order valence-corrected chi connectivity index (χ0v) is 15.9. The van der Waals surface area contributed by atoms with Crippen molar-refractivity contribution >= 4 is 22.9 Å². The molecular formula is C20H29N3O2. The van der Waals surface area contributed by atoms with Crippen LogP contribution in [0.3, 0.4) is 0 Å². The first-order chi connectivity index (χ1) is 11.6. The smallest absolute Gasteiger partial charge is 0.227 e. The number of carbonyl (C=O) groups is 1. The molecule has 1 heterocycles. The highest BCUT2D eigenvalue weighted by molar-refractivity contribution is 5.92. The van der Waals surface area contributed by atoms with Crippen molar-refractivity contribution in [2.45, 2.75) is 71.9 Å². The molecule has 0 atom stereocenters. The van der Waals surface area contributed by atoms with Crippen LogP contribution in [0, 0.1) is 5.41 Å². The van der Waals surface area contributed by atoms with Crippen LogP contribution in [-0.2, 0) is 10.4 Å². The van der Waals surface area contributed by atoms with Gasteiger partial charge < -0.3 is 9.67 Å². The first-order valence-electron chi connectivity index (χ1n) is 9.10. The van der Waals surface area contributed by atoms with E-state index in [1.165, 1.54) is 6.42 Å². The fourth-order valence-electron chi connectivity index (χ4n) is 3.38. The standard InChI is InChI=1S/C20H29N3O2/c1-19(2,3)12-16(24)22-18-21-15-11-7-10-14(20(4,5)25)17(15)23(18)13-8-6-9-13/h7,10-11,13,25H,6,8-9,12H2,1-5H3,(H,21,22,24). The molecule has 5 nitrogen and oxygen atoms in total. The number of benzene rings is 1. The largest absolute Gasteiger partial charge is 0.386 e. The van der Waals surface area contributed by atoms with Gasteiger partial charge in [0, 0.05) is 18.0 Å². The fraction of sp³-hybridized carbons (Fsp3) is 0.600. The summed E-state index contributed by atoms with van der Waals surface area (Å²) in [6.07, 6.45) is 3.78. The molecule has 136 valence electrons. The summed E-state index contributed by atoms with van der Waals surface area (Å²) in [5.74, 6) is 0.582. The topological polar surface area (TPSA) is 67.2 Å². The molecule has 1 saturated carbocycles. The number of fused-ring (bicyclic) bond motifs is 1. The second-order valence-corrected chi connectivity index (χ2v) is 8.91. The van der Waals surface area contributed by atoms with Crippen LogP contribution < -0.4 is 5.32 Å². The van der Waals surface area contributed by atoms with Gasteiger partial charge in [-0.15, -0.1) is 0 Å². The Morgan fingerprint density at radius 3 is 2.48 bits per heavy atom. The first kappa shape index (κ1) is 17.9. The van der Waals surface area contributed by atoms with Crippen molar-refractivity contribution in [1.29, 1.82) is 0 Å². The molecule has 0 radical (unpaired) electrons. The Hall–Kier alpha value is -1.88. The molecule has 1 aliphatic carbocycles. The summed E-state index contributed by atoms with van der Waals surface area (Å²) in [6, 6.07) is 6.13. The molecule has 3 rings (SSSR count). The quantitative estimate of drug-likeness (QED) is 0.866. The van der Waals surface area contributed by atoms with Gasteiger partial charge in [0.05, 0.1) is 16.6 Å². The average Bonchev–Trinajstić information content (AvgIpc) is 2.71. The van der Waals surface area contributed by atoms with Crippen molar-refractivity contribution in [1.82, 2.24) is 9.55 Å². The maximum Gasteiger partial charge on any atom is 0.227 e. The van der Waals surface area contributed by atoms with E-state index in [0.29, 0.717) is 18.4 Å². The van der Waals surface area contributed by atoms with Crippen LogP contribution in [-0.4, -0.2) is 20.6 Å². The van der Waals surface area contributed by atoms with Gasteiger partial charge in [-0.05, 0) is 44.6 Å². The molecular weight excluding hydrogens is 314 g/mol. The Bertz CT molecular complexity index is 790. The molecule has 0 aliphatic heterocycles. The van der Waals surface area contributed by atoms with Gasteiger partial charge in [-0.2, -0.15) is 0 Å². The van der Waals surface area contributed by atoms with Gasteiger partial charge in [-0.3, -0.25) is 10.1 Å². The van der Waals surface area contributed by atoms with Crippen LogP contribution in [0.5, 0.6) is 0 Å². The SMILES string of the molecule is CC(C)(C)CC(=O)Nc1nc2cccc(C(C)(C)O)c2n1C1CCC1. The van der Waals surface area contributed by atoms with Crippen LogP contribution in [0.1, 0.15) is 71.9 Å². The number of hydrogen-bond acceptors (Lipinski definition) is 3. The average molecular weight is 343 g/mol. The van der Waals surface area contributed by atoms with Gasteiger partial charge in [0.15, 0.2) is 0 Å². The van der Waals surface area contributed by atoms with Crippen molar-refractivity contribution < 1.29 is 9.90 Å². The third kappa shape index (κ3) is 3.71. The Morgan fingerprint density at radius 2 is 1.96 bits per heavy atom. The zero-order valence-electron chi connectivity index (χ0n) is 15.9. The lowest BCUT2D eigenvalue weighted by Crippen LogP contribution is -2.25. The molecule has 0 spiro atoms. The highest BCUT2D eigenvalue weighted by Crippen LogP contribution is 2.40. The van der Waals surface area contributed by atoms with Crippen LogP contribution in [0.15, 0.2) is 18.2 Å². The normalized spacial score (nSPS) is 16.1. The van der Waals surface area contributed by atoms with Gasteiger partial charge in [-0.25, -0.2) is 4.98 Å². The molecule has 1 aliphatic rings.